The first-order valence-electron chi connectivity index (χ1n) is 9.30. The fraction of sp³-hybridized carbons (Fsp3) is 0.263. The molecular weight excluding hydrogens is 956 g/mol. The van der Waals surface area contributed by atoms with Gasteiger partial charge in [0.15, 0.2) is 16.5 Å². The van der Waals surface area contributed by atoms with Gasteiger partial charge in [-0.05, 0) is 116 Å². The van der Waals surface area contributed by atoms with Crippen molar-refractivity contribution in [3.63, 3.8) is 0 Å². The highest BCUT2D eigenvalue weighted by molar-refractivity contribution is 14.1. The van der Waals surface area contributed by atoms with E-state index in [4.69, 9.17) is 9.29 Å². The number of carbonyl (C=O) groups is 2. The van der Waals surface area contributed by atoms with Crippen LogP contribution in [0.25, 0.3) is 0 Å². The number of hydrogen-bond acceptors (Lipinski definition) is 6. The topological polar surface area (TPSA) is 107 Å². The van der Waals surface area contributed by atoms with Gasteiger partial charge in [-0.25, -0.2) is 18.4 Å². The van der Waals surface area contributed by atoms with Crippen LogP contribution >= 0.6 is 90.4 Å². The number of esters is 2. The predicted octanol–water partition coefficient (Wildman–Crippen LogP) is 6.23. The molecule has 0 saturated heterocycles. The van der Waals surface area contributed by atoms with E-state index in [1.807, 2.05) is 45.2 Å². The molecule has 0 unspecified atom stereocenters. The number of rotatable bonds is 5. The Kier molecular flexibility index (Phi) is 9.56. The van der Waals surface area contributed by atoms with Gasteiger partial charge in [-0.1, -0.05) is 0 Å². The molecule has 3 rings (SSSR count). The SMILES string of the molecule is O=C(Oc1c(F)c(F)c(S(=O)(=O)O)c(F)c1F)c1c(I)c(I)c(I)c(I)c1C(=O)OC1CCCC1. The largest absolute Gasteiger partial charge is 0.459 e. The van der Waals surface area contributed by atoms with E-state index in [0.29, 0.717) is 20.0 Å². The molecule has 1 N–H and O–H groups in total. The van der Waals surface area contributed by atoms with E-state index in [2.05, 4.69) is 4.74 Å². The molecule has 2 aromatic rings. The molecule has 7 nitrogen and oxygen atoms in total. The van der Waals surface area contributed by atoms with Gasteiger partial charge in [0.25, 0.3) is 0 Å². The molecule has 2 aromatic carbocycles. The maximum atomic E-state index is 14.4. The molecule has 1 saturated carbocycles. The van der Waals surface area contributed by atoms with Crippen molar-refractivity contribution in [1.82, 2.24) is 0 Å². The summed E-state index contributed by atoms with van der Waals surface area (Å²) in [7, 11) is -5.69. The minimum absolute atomic E-state index is 0.146. The van der Waals surface area contributed by atoms with Crippen LogP contribution in [0.2, 0.25) is 0 Å². The molecule has 35 heavy (non-hydrogen) atoms. The van der Waals surface area contributed by atoms with Gasteiger partial charge in [0.2, 0.25) is 17.4 Å². The van der Waals surface area contributed by atoms with Crippen molar-refractivity contribution >= 4 is 112 Å². The zero-order valence-electron chi connectivity index (χ0n) is 16.7. The molecule has 0 radical (unpaired) electrons. The highest BCUT2D eigenvalue weighted by Crippen LogP contribution is 2.37. The summed E-state index contributed by atoms with van der Waals surface area (Å²) in [5.74, 6) is -14.0. The monoisotopic (exact) mass is 966 g/mol. The molecule has 0 aliphatic heterocycles. The summed E-state index contributed by atoms with van der Waals surface area (Å²) < 4.78 is 99.9. The van der Waals surface area contributed by atoms with Crippen LogP contribution < -0.4 is 4.74 Å². The fourth-order valence-electron chi connectivity index (χ4n) is 3.28. The van der Waals surface area contributed by atoms with Crippen molar-refractivity contribution in [2.24, 2.45) is 0 Å². The van der Waals surface area contributed by atoms with Crippen LogP contribution in [0, 0.1) is 37.5 Å². The smallest absolute Gasteiger partial charge is 0.345 e. The Morgan fingerprint density at radius 3 is 1.63 bits per heavy atom. The van der Waals surface area contributed by atoms with Crippen LogP contribution in [0.1, 0.15) is 46.4 Å². The first-order chi connectivity index (χ1) is 16.2. The van der Waals surface area contributed by atoms with E-state index in [-0.39, 0.29) is 18.8 Å². The van der Waals surface area contributed by atoms with E-state index >= 15 is 0 Å². The molecule has 1 aliphatic rings. The first-order valence-corrected chi connectivity index (χ1v) is 15.1. The minimum atomic E-state index is -5.69. The van der Waals surface area contributed by atoms with Gasteiger partial charge in [0.1, 0.15) is 6.10 Å². The predicted molar refractivity (Wildman–Crippen MR) is 146 cm³/mol. The lowest BCUT2D eigenvalue weighted by molar-refractivity contribution is 0.0311. The third-order valence-electron chi connectivity index (χ3n) is 4.89. The number of carbonyl (C=O) groups excluding carboxylic acids is 2. The van der Waals surface area contributed by atoms with Gasteiger partial charge in [-0.3, -0.25) is 4.55 Å². The van der Waals surface area contributed by atoms with Crippen LogP contribution in [0.15, 0.2) is 4.90 Å². The highest BCUT2D eigenvalue weighted by Gasteiger charge is 2.36. The summed E-state index contributed by atoms with van der Waals surface area (Å²) in [6.07, 6.45) is 2.55. The third-order valence-corrected chi connectivity index (χ3v) is 13.2. The molecule has 1 fully saturated rings. The molecule has 16 heteroatoms. The molecule has 0 amide bonds. The average molecular weight is 966 g/mol. The molecule has 1 aliphatic carbocycles. The van der Waals surface area contributed by atoms with Gasteiger partial charge >= 0.3 is 22.1 Å². The van der Waals surface area contributed by atoms with Crippen LogP contribution in [0.3, 0.4) is 0 Å². The van der Waals surface area contributed by atoms with E-state index in [0.717, 1.165) is 12.8 Å². The number of halogens is 8. The zero-order chi connectivity index (χ0) is 26.4. The Hall–Kier alpha value is -0.0700. The van der Waals surface area contributed by atoms with E-state index in [1.165, 1.54) is 0 Å². The first kappa shape index (κ1) is 29.5. The van der Waals surface area contributed by atoms with Crippen molar-refractivity contribution < 1.29 is 49.6 Å². The molecule has 0 heterocycles. The standard InChI is InChI=1S/C19H10F4I4O7S/c20-8-10(22)17(35(30,31)32)11(23)9(21)16(8)34-19(29)7-6(12(24)14(26)15(27)13(7)25)18(28)33-5-3-1-2-4-5/h5H,1-4H2,(H,30,31,32). The molecule has 0 atom stereocenters. The molecule has 0 aromatic heterocycles. The van der Waals surface area contributed by atoms with Gasteiger partial charge in [0, 0.05) is 14.3 Å². The lowest BCUT2D eigenvalue weighted by atomic mass is 10.1. The van der Waals surface area contributed by atoms with Gasteiger partial charge in [0.05, 0.1) is 11.1 Å². The maximum Gasteiger partial charge on any atom is 0.345 e. The van der Waals surface area contributed by atoms with Gasteiger partial charge in [-0.2, -0.15) is 17.2 Å². The summed E-state index contributed by atoms with van der Waals surface area (Å²) in [4.78, 5) is 23.8. The van der Waals surface area contributed by atoms with Crippen molar-refractivity contribution in [1.29, 1.82) is 0 Å². The summed E-state index contributed by atoms with van der Waals surface area (Å²) in [6.45, 7) is 0. The Morgan fingerprint density at radius 1 is 0.771 bits per heavy atom. The van der Waals surface area contributed by atoms with Gasteiger partial charge in [-0.15, -0.1) is 0 Å². The third kappa shape index (κ3) is 5.85. The number of benzene rings is 2. The van der Waals surface area contributed by atoms with E-state index in [9.17, 15) is 35.6 Å². The van der Waals surface area contributed by atoms with Crippen LogP contribution in [-0.4, -0.2) is 31.0 Å². The Morgan fingerprint density at radius 2 is 1.20 bits per heavy atom. The fourth-order valence-corrected chi connectivity index (χ4v) is 7.54. The quantitative estimate of drug-likeness (QED) is 0.0722. The second kappa shape index (κ2) is 11.4. The van der Waals surface area contributed by atoms with Gasteiger partial charge < -0.3 is 9.47 Å². The summed E-state index contributed by atoms with van der Waals surface area (Å²) in [5.41, 5.74) is -0.714. The second-order valence-corrected chi connectivity index (χ2v) is 12.8. The zero-order valence-corrected chi connectivity index (χ0v) is 26.2. The van der Waals surface area contributed by atoms with Crippen molar-refractivity contribution in [3.05, 3.63) is 48.7 Å². The number of hydrogen-bond donors (Lipinski definition) is 1. The summed E-state index contributed by atoms with van der Waals surface area (Å²) in [5, 5.41) is 0. The molecule has 0 bridgehead atoms. The number of ether oxygens (including phenoxy) is 2. The Labute approximate surface area is 250 Å². The van der Waals surface area contributed by atoms with Crippen LogP contribution in [-0.2, 0) is 14.9 Å². The highest BCUT2D eigenvalue weighted by atomic mass is 127. The molecular formula is C19H10F4I4O7S. The normalized spacial score (nSPS) is 14.3. The minimum Gasteiger partial charge on any atom is -0.459 e. The Balaban J connectivity index is 2.14. The van der Waals surface area contributed by atoms with Crippen LogP contribution in [0.5, 0.6) is 5.75 Å². The second-order valence-electron chi connectivity index (χ2n) is 7.10. The average Bonchev–Trinajstić information content (AvgIpc) is 3.28. The summed E-state index contributed by atoms with van der Waals surface area (Å²) >= 11 is 7.29. The maximum absolute atomic E-state index is 14.4. The molecule has 190 valence electrons. The lowest BCUT2D eigenvalue weighted by Gasteiger charge is -2.18. The molecule has 0 spiro atoms. The van der Waals surface area contributed by atoms with Crippen LogP contribution in [0.4, 0.5) is 17.6 Å². The van der Waals surface area contributed by atoms with Crippen molar-refractivity contribution in [3.8, 4) is 5.75 Å². The summed E-state index contributed by atoms with van der Waals surface area (Å²) in [6, 6.07) is 0. The van der Waals surface area contributed by atoms with E-state index < -0.39 is 61.5 Å². The Bertz CT molecular complexity index is 1330. The lowest BCUT2D eigenvalue weighted by Crippen LogP contribution is -2.24. The van der Waals surface area contributed by atoms with E-state index in [1.54, 1.807) is 45.2 Å². The van der Waals surface area contributed by atoms with Crippen molar-refractivity contribution in [2.75, 3.05) is 0 Å². The van der Waals surface area contributed by atoms with Crippen molar-refractivity contribution in [2.45, 2.75) is 36.7 Å².